The molecule has 13 atom stereocenters. The number of rotatable bonds is 23. The number of carbonyl (C=O) groups excluding carboxylic acids is 7. The Balaban J connectivity index is 1.34. The fraction of sp³-hybridized carbons (Fsp3) is 0.526. The summed E-state index contributed by atoms with van der Waals surface area (Å²) in [6.07, 6.45) is -8.07. The molecule has 16 N–H and O–H groups in total. The maximum atomic E-state index is 14.9. The van der Waals surface area contributed by atoms with Crippen LogP contribution in [0.4, 0.5) is 0 Å². The number of unbranched alkanes of at least 4 members (excludes halogenated alkanes) is 1. The maximum Gasteiger partial charge on any atom is 0.261 e. The third-order valence-electron chi connectivity index (χ3n) is 15.0. The molecule has 0 unspecified atom stereocenters. The van der Waals surface area contributed by atoms with Crippen LogP contribution < -0.4 is 40.8 Å². The van der Waals surface area contributed by atoms with Crippen LogP contribution in [0.1, 0.15) is 64.0 Å². The molecule has 3 aliphatic rings. The molecule has 0 radical (unpaired) electrons. The highest BCUT2D eigenvalue weighted by atomic mass is 32.2. The van der Waals surface area contributed by atoms with Gasteiger partial charge >= 0.3 is 0 Å². The first-order valence-electron chi connectivity index (χ1n) is 28.4. The first kappa shape index (κ1) is 69.1. The summed E-state index contributed by atoms with van der Waals surface area (Å²) < 4.78 is 15.1. The molecule has 0 spiro atoms. The number of hydrogen-bond donors (Lipinski definition) is 16. The van der Waals surface area contributed by atoms with Crippen molar-refractivity contribution in [1.29, 1.82) is 0 Å². The number of amides is 7. The minimum Gasteiger partial charge on any atom is -0.504 e. The van der Waals surface area contributed by atoms with E-state index in [-0.39, 0.29) is 36.7 Å². The van der Waals surface area contributed by atoms with Crippen LogP contribution >= 0.6 is 12.3 Å². The van der Waals surface area contributed by atoms with Gasteiger partial charge in [-0.1, -0.05) is 72.1 Å². The second-order valence-corrected chi connectivity index (χ2v) is 22.1. The molecule has 3 aromatic carbocycles. The lowest BCUT2D eigenvalue weighted by Crippen LogP contribution is -2.64. The van der Waals surface area contributed by atoms with Crippen molar-refractivity contribution in [2.45, 2.75) is 138 Å². The van der Waals surface area contributed by atoms with Crippen LogP contribution in [-0.2, 0) is 49.4 Å². The van der Waals surface area contributed by atoms with Crippen molar-refractivity contribution < 1.29 is 103 Å². The summed E-state index contributed by atoms with van der Waals surface area (Å²) in [7, 11) is 0. The molecule has 3 aliphatic heterocycles. The number of nitrogens with zero attached hydrogens (tertiary/aromatic N) is 2. The second kappa shape index (κ2) is 33.3. The summed E-state index contributed by atoms with van der Waals surface area (Å²) in [6, 6.07) is 6.04. The lowest BCUT2D eigenvalue weighted by Gasteiger charge is -2.34. The average molecular weight is 1240 g/mol. The third-order valence-corrected chi connectivity index (χ3v) is 15.4. The molecule has 0 aromatic heterocycles. The monoisotopic (exact) mass is 1240 g/mol. The van der Waals surface area contributed by atoms with E-state index in [9.17, 15) is 79.5 Å². The average Bonchev–Trinajstić information content (AvgIpc) is 2.39. The molecule has 3 aromatic rings. The lowest BCUT2D eigenvalue weighted by molar-refractivity contribution is -0.433. The van der Waals surface area contributed by atoms with Crippen molar-refractivity contribution in [3.05, 3.63) is 83.9 Å². The predicted molar refractivity (Wildman–Crippen MR) is 309 cm³/mol. The lowest BCUT2D eigenvalue weighted by atomic mass is 9.98. The summed E-state index contributed by atoms with van der Waals surface area (Å²) in [5.41, 5.74) is 2.45. The highest BCUT2D eigenvalue weighted by Crippen LogP contribution is 2.32. The Morgan fingerprint density at radius 1 is 0.793 bits per heavy atom. The van der Waals surface area contributed by atoms with Crippen molar-refractivity contribution >= 4 is 59.7 Å². The SMILES string of the molecule is CCCCOc1ccc(-c2ccc(C=CC(=O)N[C@H]3C[C@@H](O)CNC(=O)[C@@H]4[C@@H](O)[C@@H](C)CN4C(=O)[C@H]([C@H](O)CCNC(CO)CO)NC(=O)[C@H]([C@H](O)Cc4ccc(O)c(OSOOO)c4)NC(=O)[C@@H]4C[C@@H](O)CN4C(=O)[C@H]([C@@H](C)O)NC3=O)cc2)cc1. The van der Waals surface area contributed by atoms with Crippen LogP contribution in [0.25, 0.3) is 17.2 Å². The fourth-order valence-corrected chi connectivity index (χ4v) is 10.4. The molecular formula is C57H78N8O21S. The fourth-order valence-electron chi connectivity index (χ4n) is 10.1. The van der Waals surface area contributed by atoms with Gasteiger partial charge < -0.3 is 96.6 Å². The Morgan fingerprint density at radius 3 is 2.10 bits per heavy atom. The first-order chi connectivity index (χ1) is 41.6. The van der Waals surface area contributed by atoms with Crippen LogP contribution in [-0.4, -0.2) is 227 Å². The van der Waals surface area contributed by atoms with Crippen LogP contribution in [0.3, 0.4) is 0 Å². The molecule has 3 saturated heterocycles. The highest BCUT2D eigenvalue weighted by Gasteiger charge is 2.50. The van der Waals surface area contributed by atoms with Crippen molar-refractivity contribution in [3.8, 4) is 28.4 Å². The topological polar surface area (TPSA) is 437 Å². The van der Waals surface area contributed by atoms with Gasteiger partial charge in [0.2, 0.25) is 41.4 Å². The second-order valence-electron chi connectivity index (χ2n) is 21.6. The van der Waals surface area contributed by atoms with Gasteiger partial charge in [-0.05, 0) is 78.9 Å². The molecule has 3 fully saturated rings. The quantitative estimate of drug-likeness (QED) is 0.0151. The standard InChI is InChI=1S/C57H78N8O21S/c1-4-5-20-83-39-14-12-35(13-15-39)34-10-6-32(7-11-34)9-17-46(74)60-40-23-37(69)25-59-55(79)50-51(75)30(2)26-65(50)57(81)49(43(72)18-19-58-36(28-66)29-67)63-54(78)48(44(73)21-33-8-16-42(71)45(22-33)84-87-86-85-82)62-53(77)41-24-38(70)27-64(41)56(80)47(31(3)68)61-52(40)76/h6-17,22,30-31,36-38,40-41,43-44,47-51,58,66-73,75,82H,4-5,18-21,23-29H2,1-3H3,(H,59,79)(H,60,74)(H,61,76)(H,62,77)(H,63,78)/t30-,31+,37+,38+,40-,41-,43+,44+,47-,48-,49-,50-,51-/m0/s1. The van der Waals surface area contributed by atoms with Crippen molar-refractivity contribution in [3.63, 3.8) is 0 Å². The molecule has 0 bridgehead atoms. The minimum absolute atomic E-state index is 0.0676. The van der Waals surface area contributed by atoms with Gasteiger partial charge in [0.25, 0.3) is 12.3 Å². The van der Waals surface area contributed by atoms with E-state index in [0.29, 0.717) is 12.2 Å². The van der Waals surface area contributed by atoms with Gasteiger partial charge in [-0.2, -0.15) is 0 Å². The van der Waals surface area contributed by atoms with Crippen molar-refractivity contribution in [2.24, 2.45) is 5.92 Å². The zero-order valence-corrected chi connectivity index (χ0v) is 48.9. The number of benzene rings is 3. The Labute approximate surface area is 505 Å². The number of fused-ring (bicyclic) bond motifs is 2. The van der Waals surface area contributed by atoms with E-state index in [1.54, 1.807) is 12.1 Å². The largest absolute Gasteiger partial charge is 0.504 e. The van der Waals surface area contributed by atoms with Crippen LogP contribution in [0.2, 0.25) is 0 Å². The Hall–Kier alpha value is -7.04. The van der Waals surface area contributed by atoms with E-state index >= 15 is 0 Å². The number of phenolic OH excluding ortho intramolecular Hbond substituents is 1. The number of carbonyl (C=O) groups is 7. The zero-order chi connectivity index (χ0) is 63.5. The maximum absolute atomic E-state index is 14.9. The van der Waals surface area contributed by atoms with E-state index in [4.69, 9.17) is 14.2 Å². The Kier molecular flexibility index (Phi) is 26.5. The number of aliphatic hydroxyl groups is 8. The van der Waals surface area contributed by atoms with Gasteiger partial charge in [0.05, 0.1) is 62.5 Å². The molecule has 30 heteroatoms. The summed E-state index contributed by atoms with van der Waals surface area (Å²) in [5, 5.41) is 125. The summed E-state index contributed by atoms with van der Waals surface area (Å²) in [4.78, 5) is 103. The smallest absolute Gasteiger partial charge is 0.261 e. The normalized spacial score (nSPS) is 25.6. The molecule has 3 heterocycles. The van der Waals surface area contributed by atoms with E-state index < -0.39 is 184 Å². The Morgan fingerprint density at radius 2 is 1.45 bits per heavy atom. The van der Waals surface area contributed by atoms with Gasteiger partial charge in [0.1, 0.15) is 42.0 Å². The molecule has 478 valence electrons. The number of nitrogens with one attached hydrogen (secondary N) is 6. The number of phenols is 1. The summed E-state index contributed by atoms with van der Waals surface area (Å²) in [6.45, 7) is 2.39. The third kappa shape index (κ3) is 19.2. The Bertz CT molecular complexity index is 2820. The van der Waals surface area contributed by atoms with Crippen molar-refractivity contribution in [1.82, 2.24) is 41.7 Å². The van der Waals surface area contributed by atoms with Gasteiger partial charge in [-0.25, -0.2) is 5.26 Å². The first-order valence-corrected chi connectivity index (χ1v) is 29.0. The van der Waals surface area contributed by atoms with Gasteiger partial charge in [0.15, 0.2) is 11.5 Å². The zero-order valence-electron chi connectivity index (χ0n) is 48.0. The minimum atomic E-state index is -2.15. The van der Waals surface area contributed by atoms with Gasteiger partial charge in [0, 0.05) is 50.9 Å². The van der Waals surface area contributed by atoms with E-state index in [2.05, 4.69) is 48.2 Å². The van der Waals surface area contributed by atoms with Crippen molar-refractivity contribution in [2.75, 3.05) is 46.0 Å². The van der Waals surface area contributed by atoms with Crippen LogP contribution in [0.5, 0.6) is 17.2 Å². The van der Waals surface area contributed by atoms with E-state index in [0.717, 1.165) is 64.7 Å². The molecule has 0 aliphatic carbocycles. The molecule has 29 nitrogen and oxygen atoms in total. The van der Waals surface area contributed by atoms with Gasteiger partial charge in [-0.3, -0.25) is 33.6 Å². The van der Waals surface area contributed by atoms with Gasteiger partial charge in [-0.15, -0.1) is 0 Å². The molecular weight excluding hydrogens is 1160 g/mol. The molecule has 6 rings (SSSR count). The van der Waals surface area contributed by atoms with Crippen LogP contribution in [0.15, 0.2) is 72.8 Å². The molecule has 87 heavy (non-hydrogen) atoms. The number of β-amino-alcohol motifs (C(OH)–C–C–N with tert-alkyl or cyclic N) is 1. The number of aliphatic hydroxyl groups excluding tert-OH is 8. The highest BCUT2D eigenvalue weighted by molar-refractivity contribution is 7.90. The number of aromatic hydroxyl groups is 1. The summed E-state index contributed by atoms with van der Waals surface area (Å²) >= 11 is 0.0676. The number of hydrogen-bond acceptors (Lipinski definition) is 23. The summed E-state index contributed by atoms with van der Waals surface area (Å²) in [5.74, 6) is -8.83. The molecule has 7 amide bonds. The van der Waals surface area contributed by atoms with Crippen LogP contribution in [0, 0.1) is 5.92 Å². The van der Waals surface area contributed by atoms with E-state index in [1.807, 2.05) is 36.4 Å². The van der Waals surface area contributed by atoms with E-state index in [1.165, 1.54) is 19.1 Å². The number of ether oxygens (including phenoxy) is 1. The molecule has 0 saturated carbocycles. The predicted octanol–water partition coefficient (Wildman–Crippen LogP) is -2.72.